The number of nitrogens with zero attached hydrogens (tertiary/aromatic N) is 2. The number of hydrogen-bond donors (Lipinski definition) is 1. The molecule has 1 heterocycles. The predicted octanol–water partition coefficient (Wildman–Crippen LogP) is 4.08. The van der Waals surface area contributed by atoms with Crippen molar-refractivity contribution in [3.63, 3.8) is 0 Å². The van der Waals surface area contributed by atoms with Gasteiger partial charge in [0.05, 0.1) is 0 Å². The SMILES string of the molecule is CN(C)c1ccc(C(=O)N2CCC3(CC2)CC(CC(=O)NC2CC2)c2ccccc23)cc1. The van der Waals surface area contributed by atoms with E-state index in [1.54, 1.807) is 0 Å². The first-order chi connectivity index (χ1) is 15.4. The standard InChI is InChI=1S/C27H33N3O2/c1-29(2)22-11-7-19(8-12-22)26(32)30-15-13-27(14-16-30)18-20(17-25(31)28-21-9-10-21)23-5-3-4-6-24(23)27/h3-8,11-12,20-21H,9-10,13-18H2,1-2H3,(H,28,31). The Hall–Kier alpha value is -2.82. The minimum atomic E-state index is 0.0900. The van der Waals surface area contributed by atoms with Crippen molar-refractivity contribution < 1.29 is 9.59 Å². The Bertz CT molecular complexity index is 1000. The van der Waals surface area contributed by atoms with Crippen LogP contribution in [0.15, 0.2) is 48.5 Å². The lowest BCUT2D eigenvalue weighted by Gasteiger charge is -2.40. The second kappa shape index (κ2) is 8.27. The zero-order chi connectivity index (χ0) is 22.3. The summed E-state index contributed by atoms with van der Waals surface area (Å²) in [6, 6.07) is 17.0. The van der Waals surface area contributed by atoms with Crippen molar-refractivity contribution in [3.8, 4) is 0 Å². The fourth-order valence-corrected chi connectivity index (χ4v) is 5.64. The summed E-state index contributed by atoms with van der Waals surface area (Å²) in [6.45, 7) is 1.53. The number of carbonyl (C=O) groups is 2. The highest BCUT2D eigenvalue weighted by atomic mass is 16.2. The van der Waals surface area contributed by atoms with Crippen LogP contribution in [-0.2, 0) is 10.2 Å². The van der Waals surface area contributed by atoms with Gasteiger partial charge in [0.1, 0.15) is 0 Å². The van der Waals surface area contributed by atoms with Gasteiger partial charge in [-0.2, -0.15) is 0 Å². The molecule has 0 radical (unpaired) electrons. The average Bonchev–Trinajstić information content (AvgIpc) is 3.57. The normalized spacial score (nSPS) is 21.3. The summed E-state index contributed by atoms with van der Waals surface area (Å²) in [7, 11) is 4.01. The van der Waals surface area contributed by atoms with Crippen LogP contribution in [-0.4, -0.2) is 49.9 Å². The Morgan fingerprint density at radius 3 is 2.38 bits per heavy atom. The van der Waals surface area contributed by atoms with Crippen LogP contribution in [0.3, 0.4) is 0 Å². The van der Waals surface area contributed by atoms with Gasteiger partial charge in [-0.3, -0.25) is 9.59 Å². The molecule has 5 rings (SSSR count). The Balaban J connectivity index is 1.27. The minimum absolute atomic E-state index is 0.0900. The van der Waals surface area contributed by atoms with Crippen LogP contribution in [0.5, 0.6) is 0 Å². The number of fused-ring (bicyclic) bond motifs is 2. The molecule has 3 aliphatic rings. The maximum Gasteiger partial charge on any atom is 0.253 e. The quantitative estimate of drug-likeness (QED) is 0.776. The first kappa shape index (κ1) is 21.0. The van der Waals surface area contributed by atoms with Gasteiger partial charge in [-0.15, -0.1) is 0 Å². The first-order valence-electron chi connectivity index (χ1n) is 11.9. The van der Waals surface area contributed by atoms with E-state index in [9.17, 15) is 9.59 Å². The van der Waals surface area contributed by atoms with E-state index in [0.717, 1.165) is 56.4 Å². The second-order valence-electron chi connectivity index (χ2n) is 10.0. The van der Waals surface area contributed by atoms with Crippen LogP contribution in [0.4, 0.5) is 5.69 Å². The molecule has 2 aromatic rings. The number of rotatable bonds is 5. The number of amides is 2. The summed E-state index contributed by atoms with van der Waals surface area (Å²) < 4.78 is 0. The highest BCUT2D eigenvalue weighted by molar-refractivity contribution is 5.94. The van der Waals surface area contributed by atoms with Crippen molar-refractivity contribution in [1.29, 1.82) is 0 Å². The molecule has 1 unspecified atom stereocenters. The van der Waals surface area contributed by atoms with E-state index < -0.39 is 0 Å². The van der Waals surface area contributed by atoms with Crippen molar-refractivity contribution in [2.24, 2.45) is 0 Å². The van der Waals surface area contributed by atoms with Crippen LogP contribution in [0.1, 0.15) is 65.9 Å². The van der Waals surface area contributed by atoms with Crippen LogP contribution in [0.2, 0.25) is 0 Å². The highest BCUT2D eigenvalue weighted by Gasteiger charge is 2.46. The fraction of sp³-hybridized carbons (Fsp3) is 0.481. The molecule has 1 spiro atoms. The molecule has 32 heavy (non-hydrogen) atoms. The monoisotopic (exact) mass is 431 g/mol. The lowest BCUT2D eigenvalue weighted by atomic mass is 9.73. The van der Waals surface area contributed by atoms with Gasteiger partial charge < -0.3 is 15.1 Å². The maximum atomic E-state index is 13.1. The Labute approximate surface area is 190 Å². The fourth-order valence-electron chi connectivity index (χ4n) is 5.64. The molecule has 2 fully saturated rings. The van der Waals surface area contributed by atoms with Gasteiger partial charge in [-0.1, -0.05) is 24.3 Å². The van der Waals surface area contributed by atoms with Gasteiger partial charge in [0.15, 0.2) is 0 Å². The van der Waals surface area contributed by atoms with Crippen molar-refractivity contribution in [3.05, 3.63) is 65.2 Å². The smallest absolute Gasteiger partial charge is 0.253 e. The predicted molar refractivity (Wildman–Crippen MR) is 127 cm³/mol. The van der Waals surface area contributed by atoms with Crippen molar-refractivity contribution in [2.75, 3.05) is 32.1 Å². The van der Waals surface area contributed by atoms with Gasteiger partial charge >= 0.3 is 0 Å². The molecule has 0 bridgehead atoms. The van der Waals surface area contributed by atoms with Crippen LogP contribution in [0, 0.1) is 0 Å². The molecule has 1 atom stereocenters. The number of piperidine rings is 1. The number of likely N-dealkylation sites (tertiary alicyclic amines) is 1. The van der Waals surface area contributed by atoms with Gasteiger partial charge in [0.2, 0.25) is 5.91 Å². The maximum absolute atomic E-state index is 13.1. The summed E-state index contributed by atoms with van der Waals surface area (Å²) in [6.07, 6.45) is 5.77. The summed E-state index contributed by atoms with van der Waals surface area (Å²) in [4.78, 5) is 29.7. The summed E-state index contributed by atoms with van der Waals surface area (Å²) in [5.74, 6) is 0.598. The van der Waals surface area contributed by atoms with E-state index in [-0.39, 0.29) is 23.1 Å². The van der Waals surface area contributed by atoms with Crippen molar-refractivity contribution in [1.82, 2.24) is 10.2 Å². The topological polar surface area (TPSA) is 52.7 Å². The third-order valence-electron chi connectivity index (χ3n) is 7.62. The largest absolute Gasteiger partial charge is 0.378 e. The number of nitrogens with one attached hydrogen (secondary N) is 1. The molecule has 1 N–H and O–H groups in total. The molecule has 1 aliphatic heterocycles. The van der Waals surface area contributed by atoms with Gasteiger partial charge in [-0.05, 0) is 78.8 Å². The molecule has 5 nitrogen and oxygen atoms in total. The number of anilines is 1. The van der Waals surface area contributed by atoms with Crippen molar-refractivity contribution >= 4 is 17.5 Å². The molecule has 2 amide bonds. The minimum Gasteiger partial charge on any atom is -0.378 e. The van der Waals surface area contributed by atoms with Crippen LogP contribution in [0.25, 0.3) is 0 Å². The molecule has 2 aliphatic carbocycles. The Morgan fingerprint density at radius 1 is 1.03 bits per heavy atom. The van der Waals surface area contributed by atoms with E-state index in [1.165, 1.54) is 11.1 Å². The summed E-state index contributed by atoms with van der Waals surface area (Å²) >= 11 is 0. The van der Waals surface area contributed by atoms with Gasteiger partial charge in [0, 0.05) is 50.9 Å². The Morgan fingerprint density at radius 2 is 1.72 bits per heavy atom. The van der Waals surface area contributed by atoms with Crippen LogP contribution >= 0.6 is 0 Å². The first-order valence-corrected chi connectivity index (χ1v) is 11.9. The third kappa shape index (κ3) is 4.01. The molecular formula is C27H33N3O2. The van der Waals surface area contributed by atoms with Crippen LogP contribution < -0.4 is 10.2 Å². The molecule has 1 saturated heterocycles. The molecule has 168 valence electrons. The lowest BCUT2D eigenvalue weighted by Crippen LogP contribution is -2.44. The van der Waals surface area contributed by atoms with E-state index in [1.807, 2.05) is 48.2 Å². The van der Waals surface area contributed by atoms with E-state index in [2.05, 4.69) is 29.6 Å². The zero-order valence-electron chi connectivity index (χ0n) is 19.1. The van der Waals surface area contributed by atoms with Crippen molar-refractivity contribution in [2.45, 2.75) is 55.9 Å². The summed E-state index contributed by atoms with van der Waals surface area (Å²) in [5, 5.41) is 3.16. The Kier molecular flexibility index (Phi) is 5.44. The number of hydrogen-bond acceptors (Lipinski definition) is 3. The second-order valence-corrected chi connectivity index (χ2v) is 10.0. The van der Waals surface area contributed by atoms with E-state index >= 15 is 0 Å². The van der Waals surface area contributed by atoms with Gasteiger partial charge in [0.25, 0.3) is 5.91 Å². The molecule has 2 aromatic carbocycles. The lowest BCUT2D eigenvalue weighted by molar-refractivity contribution is -0.121. The average molecular weight is 432 g/mol. The highest BCUT2D eigenvalue weighted by Crippen LogP contribution is 2.52. The number of benzene rings is 2. The van der Waals surface area contributed by atoms with E-state index in [0.29, 0.717) is 12.5 Å². The number of carbonyl (C=O) groups excluding carboxylic acids is 2. The third-order valence-corrected chi connectivity index (χ3v) is 7.62. The van der Waals surface area contributed by atoms with Gasteiger partial charge in [-0.25, -0.2) is 0 Å². The van der Waals surface area contributed by atoms with E-state index in [4.69, 9.17) is 0 Å². The summed E-state index contributed by atoms with van der Waals surface area (Å²) in [5.41, 5.74) is 4.70. The molecule has 1 saturated carbocycles. The molecule has 5 heteroatoms. The zero-order valence-corrected chi connectivity index (χ0v) is 19.1. The molecular weight excluding hydrogens is 398 g/mol. The molecule has 0 aromatic heterocycles.